The van der Waals surface area contributed by atoms with Gasteiger partial charge >= 0.3 is 12.3 Å². The van der Waals surface area contributed by atoms with E-state index in [2.05, 4.69) is 5.32 Å². The van der Waals surface area contributed by atoms with Crippen LogP contribution in [0.2, 0.25) is 0 Å². The molecule has 1 unspecified atom stereocenters. The predicted molar refractivity (Wildman–Crippen MR) is 50.6 cm³/mol. The van der Waals surface area contributed by atoms with Crippen molar-refractivity contribution in [2.75, 3.05) is 18.1 Å². The second-order valence-corrected chi connectivity index (χ2v) is 6.12. The second kappa shape index (κ2) is 4.87. The van der Waals surface area contributed by atoms with Crippen LogP contribution in [0.15, 0.2) is 0 Å². The zero-order valence-corrected chi connectivity index (χ0v) is 9.24. The van der Waals surface area contributed by atoms with Crippen molar-refractivity contribution >= 4 is 9.84 Å². The number of sulfone groups is 1. The molecule has 0 aromatic rings. The molecule has 0 radical (unpaired) electrons. The highest BCUT2D eigenvalue weighted by molar-refractivity contribution is 7.91. The van der Waals surface area contributed by atoms with Gasteiger partial charge in [0, 0.05) is 6.04 Å². The zero-order chi connectivity index (χ0) is 12.4. The van der Waals surface area contributed by atoms with E-state index >= 15 is 0 Å². The summed E-state index contributed by atoms with van der Waals surface area (Å²) in [4.78, 5) is 0. The number of rotatable bonds is 4. The first-order valence-electron chi connectivity index (χ1n) is 4.83. The lowest BCUT2D eigenvalue weighted by Crippen LogP contribution is -2.47. The van der Waals surface area contributed by atoms with Crippen LogP contribution in [0.1, 0.15) is 12.8 Å². The molecule has 8 heteroatoms. The molecule has 1 fully saturated rings. The molecule has 0 aromatic carbocycles. The fourth-order valence-corrected chi connectivity index (χ4v) is 3.21. The Kier molecular flexibility index (Phi) is 4.17. The van der Waals surface area contributed by atoms with Crippen molar-refractivity contribution in [2.45, 2.75) is 31.2 Å². The lowest BCUT2D eigenvalue weighted by atomic mass is 10.2. The highest BCUT2D eigenvalue weighted by atomic mass is 32.2. The van der Waals surface area contributed by atoms with E-state index in [0.29, 0.717) is 12.8 Å². The molecular weight excluding hydrogens is 250 g/mol. The average Bonchev–Trinajstić information content (AvgIpc) is 2.13. The van der Waals surface area contributed by atoms with Crippen LogP contribution in [0.3, 0.4) is 0 Å². The predicted octanol–water partition coefficient (Wildman–Crippen LogP) is 1.05. The third-order valence-corrected chi connectivity index (χ3v) is 4.23. The first-order chi connectivity index (χ1) is 7.23. The molecule has 16 heavy (non-hydrogen) atoms. The summed E-state index contributed by atoms with van der Waals surface area (Å²) in [5, 5.41) is 2.19. The van der Waals surface area contributed by atoms with Crippen molar-refractivity contribution in [3.8, 4) is 0 Å². The molecule has 1 rings (SSSR count). The summed E-state index contributed by atoms with van der Waals surface area (Å²) >= 11 is 0. The maximum Gasteiger partial charge on any atom is 0.319 e. The topological polar surface area (TPSA) is 46.2 Å². The van der Waals surface area contributed by atoms with E-state index in [4.69, 9.17) is 0 Å². The molecule has 96 valence electrons. The van der Waals surface area contributed by atoms with E-state index < -0.39 is 34.8 Å². The highest BCUT2D eigenvalue weighted by Crippen LogP contribution is 2.22. The van der Waals surface area contributed by atoms with Crippen molar-refractivity contribution in [3.05, 3.63) is 0 Å². The molecule has 0 aromatic heterocycles. The van der Waals surface area contributed by atoms with Gasteiger partial charge in [0.05, 0.1) is 18.1 Å². The van der Waals surface area contributed by atoms with E-state index in [9.17, 15) is 26.0 Å². The number of nitrogens with one attached hydrogen (secondary N) is 1. The van der Waals surface area contributed by atoms with Gasteiger partial charge in [0.1, 0.15) is 0 Å². The Hall–Kier alpha value is -0.370. The Balaban J connectivity index is 2.44. The van der Waals surface area contributed by atoms with Gasteiger partial charge in [-0.15, -0.1) is 0 Å². The maximum atomic E-state index is 12.5. The SMILES string of the molecule is O=S1(=O)CCCC(NCC(F)(F)C(F)F)C1. The summed E-state index contributed by atoms with van der Waals surface area (Å²) in [5.74, 6) is -4.33. The van der Waals surface area contributed by atoms with Crippen molar-refractivity contribution < 1.29 is 26.0 Å². The normalized spacial score (nSPS) is 25.9. The van der Waals surface area contributed by atoms with E-state index in [1.807, 2.05) is 0 Å². The molecule has 0 bridgehead atoms. The van der Waals surface area contributed by atoms with Gasteiger partial charge in [0.15, 0.2) is 9.84 Å². The van der Waals surface area contributed by atoms with Crippen LogP contribution in [0.25, 0.3) is 0 Å². The first kappa shape index (κ1) is 13.7. The molecular formula is C8H13F4NO2S. The van der Waals surface area contributed by atoms with Crippen LogP contribution in [-0.2, 0) is 9.84 Å². The quantitative estimate of drug-likeness (QED) is 0.771. The number of hydrogen-bond acceptors (Lipinski definition) is 3. The molecule has 0 saturated carbocycles. The van der Waals surface area contributed by atoms with Gasteiger partial charge in [0.2, 0.25) is 0 Å². The average molecular weight is 263 g/mol. The fourth-order valence-electron chi connectivity index (χ4n) is 1.54. The van der Waals surface area contributed by atoms with E-state index in [1.165, 1.54) is 0 Å². The highest BCUT2D eigenvalue weighted by Gasteiger charge is 2.41. The van der Waals surface area contributed by atoms with Gasteiger partial charge in [-0.2, -0.15) is 8.78 Å². The van der Waals surface area contributed by atoms with Gasteiger partial charge < -0.3 is 5.32 Å². The smallest absolute Gasteiger partial charge is 0.307 e. The molecule has 0 aliphatic carbocycles. The Morgan fingerprint density at radius 3 is 2.50 bits per heavy atom. The van der Waals surface area contributed by atoms with E-state index in [0.717, 1.165) is 0 Å². The lowest BCUT2D eigenvalue weighted by Gasteiger charge is -2.25. The minimum absolute atomic E-state index is 0.0381. The summed E-state index contributed by atoms with van der Waals surface area (Å²) < 4.78 is 71.0. The fraction of sp³-hybridized carbons (Fsp3) is 1.00. The molecule has 1 N–H and O–H groups in total. The van der Waals surface area contributed by atoms with Crippen LogP contribution in [0.4, 0.5) is 17.6 Å². The van der Waals surface area contributed by atoms with Crippen molar-refractivity contribution in [1.82, 2.24) is 5.32 Å². The van der Waals surface area contributed by atoms with Crippen LogP contribution in [0.5, 0.6) is 0 Å². The molecule has 1 aliphatic rings. The molecule has 1 heterocycles. The van der Waals surface area contributed by atoms with Crippen molar-refractivity contribution in [3.63, 3.8) is 0 Å². The summed E-state index contributed by atoms with van der Waals surface area (Å²) in [6.45, 7) is -1.19. The van der Waals surface area contributed by atoms with Gasteiger partial charge in [-0.05, 0) is 12.8 Å². The molecule has 1 aliphatic heterocycles. The Bertz CT molecular complexity index is 331. The van der Waals surface area contributed by atoms with Crippen LogP contribution in [0, 0.1) is 0 Å². The zero-order valence-electron chi connectivity index (χ0n) is 8.43. The van der Waals surface area contributed by atoms with Crippen LogP contribution in [-0.4, -0.2) is 44.9 Å². The summed E-state index contributed by atoms with van der Waals surface area (Å²) in [5.41, 5.74) is 0. The van der Waals surface area contributed by atoms with E-state index in [1.54, 1.807) is 0 Å². The van der Waals surface area contributed by atoms with Gasteiger partial charge in [0.25, 0.3) is 0 Å². The van der Waals surface area contributed by atoms with E-state index in [-0.39, 0.29) is 11.5 Å². The third kappa shape index (κ3) is 3.89. The minimum atomic E-state index is -4.11. The first-order valence-corrected chi connectivity index (χ1v) is 6.65. The Morgan fingerprint density at radius 2 is 2.00 bits per heavy atom. The Labute approximate surface area is 91.1 Å². The van der Waals surface area contributed by atoms with Crippen LogP contribution >= 0.6 is 0 Å². The maximum absolute atomic E-state index is 12.5. The van der Waals surface area contributed by atoms with Gasteiger partial charge in [-0.25, -0.2) is 17.2 Å². The molecule has 0 spiro atoms. The third-order valence-electron chi connectivity index (χ3n) is 2.41. The second-order valence-electron chi connectivity index (χ2n) is 3.90. The summed E-state index contributed by atoms with van der Waals surface area (Å²) in [7, 11) is -3.21. The van der Waals surface area contributed by atoms with Crippen molar-refractivity contribution in [2.24, 2.45) is 0 Å². The lowest BCUT2D eigenvalue weighted by molar-refractivity contribution is -0.126. The largest absolute Gasteiger partial charge is 0.319 e. The van der Waals surface area contributed by atoms with Gasteiger partial charge in [-0.1, -0.05) is 0 Å². The molecule has 0 amide bonds. The van der Waals surface area contributed by atoms with Gasteiger partial charge in [-0.3, -0.25) is 0 Å². The van der Waals surface area contributed by atoms with Crippen molar-refractivity contribution in [1.29, 1.82) is 0 Å². The molecule has 1 saturated heterocycles. The summed E-state index contributed by atoms with van der Waals surface area (Å²) in [6, 6.07) is -0.650. The minimum Gasteiger partial charge on any atom is -0.307 e. The monoisotopic (exact) mass is 263 g/mol. The number of hydrogen-bond donors (Lipinski definition) is 1. The number of alkyl halides is 4. The molecule has 1 atom stereocenters. The van der Waals surface area contributed by atoms with Crippen LogP contribution < -0.4 is 5.32 Å². The number of halogens is 4. The summed E-state index contributed by atoms with van der Waals surface area (Å²) in [6.07, 6.45) is -2.95. The standard InChI is InChI=1S/C8H13F4NO2S/c9-7(10)8(11,12)5-13-6-2-1-3-16(14,15)4-6/h6-7,13H,1-5H2. The molecule has 3 nitrogen and oxygen atoms in total. The Morgan fingerprint density at radius 1 is 1.38 bits per heavy atom.